The predicted octanol–water partition coefficient (Wildman–Crippen LogP) is 3.58. The van der Waals surface area contributed by atoms with Crippen LogP contribution in [0.15, 0.2) is 60.7 Å². The monoisotopic (exact) mass is 526 g/mol. The Balaban J connectivity index is 1.79. The second-order valence-corrected chi connectivity index (χ2v) is 10.5. The maximum Gasteiger partial charge on any atom is 0.411 e. The molecule has 1 fully saturated rings. The number of ether oxygens (including phenoxy) is 3. The third-order valence-corrected chi connectivity index (χ3v) is 6.38. The topological polar surface area (TPSA) is 114 Å². The Morgan fingerprint density at radius 2 is 1.58 bits per heavy atom. The maximum absolute atomic E-state index is 13.7. The molecule has 2 amide bonds. The maximum atomic E-state index is 13.7. The number of carbonyl (C=O) groups excluding carboxylic acids is 3. The molecule has 0 saturated carbocycles. The van der Waals surface area contributed by atoms with Crippen molar-refractivity contribution in [1.82, 2.24) is 10.2 Å². The molecular formula is C29H38N2O7. The number of hydrogen-bond donors (Lipinski definition) is 2. The smallest absolute Gasteiger partial charge is 0.411 e. The lowest BCUT2D eigenvalue weighted by Gasteiger charge is -2.37. The molecule has 3 rings (SSSR count). The average Bonchev–Trinajstić information content (AvgIpc) is 3.35. The van der Waals surface area contributed by atoms with E-state index in [2.05, 4.69) is 5.32 Å². The van der Waals surface area contributed by atoms with Gasteiger partial charge in [-0.15, -0.1) is 0 Å². The molecule has 3 unspecified atom stereocenters. The number of hydrogen-bond acceptors (Lipinski definition) is 7. The van der Waals surface area contributed by atoms with E-state index < -0.39 is 47.9 Å². The van der Waals surface area contributed by atoms with Crippen LogP contribution in [0.5, 0.6) is 0 Å². The summed E-state index contributed by atoms with van der Waals surface area (Å²) in [6, 6.07) is 17.5. The standard InChI is InChI=1S/C29H38N2O7/c1-21(36-18-22-12-7-5-8-13-22)24(25(33)37-19-23-14-9-6-10-15-23)30-26(34)29(20-32)16-11-17-31(29)27(35)38-28(2,3)4/h5-10,12-15,21,24,32H,11,16-20H2,1-4H3,(H,30,34). The molecule has 0 aliphatic carbocycles. The number of esters is 1. The fourth-order valence-electron chi connectivity index (χ4n) is 4.29. The first kappa shape index (κ1) is 29.1. The summed E-state index contributed by atoms with van der Waals surface area (Å²) in [4.78, 5) is 41.0. The first-order valence-electron chi connectivity index (χ1n) is 12.8. The molecule has 0 aromatic heterocycles. The molecule has 2 N–H and O–H groups in total. The van der Waals surface area contributed by atoms with Gasteiger partial charge in [-0.3, -0.25) is 9.69 Å². The fraction of sp³-hybridized carbons (Fsp3) is 0.483. The van der Waals surface area contributed by atoms with E-state index in [-0.39, 0.29) is 26.2 Å². The minimum atomic E-state index is -1.57. The van der Waals surface area contributed by atoms with Crippen molar-refractivity contribution in [3.05, 3.63) is 71.8 Å². The summed E-state index contributed by atoms with van der Waals surface area (Å²) in [5.74, 6) is -1.35. The molecule has 3 atom stereocenters. The zero-order chi connectivity index (χ0) is 27.8. The van der Waals surface area contributed by atoms with Crippen LogP contribution in [0.2, 0.25) is 0 Å². The molecule has 1 saturated heterocycles. The quantitative estimate of drug-likeness (QED) is 0.455. The molecule has 38 heavy (non-hydrogen) atoms. The molecule has 1 aliphatic rings. The van der Waals surface area contributed by atoms with Gasteiger partial charge in [0.1, 0.15) is 17.7 Å². The number of nitrogens with one attached hydrogen (secondary N) is 1. The Hall–Kier alpha value is -3.43. The van der Waals surface area contributed by atoms with Gasteiger partial charge in [-0.1, -0.05) is 60.7 Å². The summed E-state index contributed by atoms with van der Waals surface area (Å²) in [6.45, 7) is 6.71. The number of amides is 2. The molecule has 0 bridgehead atoms. The summed E-state index contributed by atoms with van der Waals surface area (Å²) < 4.78 is 17.0. The second-order valence-electron chi connectivity index (χ2n) is 10.5. The lowest BCUT2D eigenvalue weighted by molar-refractivity contribution is -0.155. The first-order chi connectivity index (χ1) is 18.1. The van der Waals surface area contributed by atoms with Crippen LogP contribution in [0.1, 0.15) is 51.7 Å². The lowest BCUT2D eigenvalue weighted by atomic mass is 9.95. The Morgan fingerprint density at radius 3 is 2.13 bits per heavy atom. The van der Waals surface area contributed by atoms with Gasteiger partial charge in [-0.2, -0.15) is 0 Å². The van der Waals surface area contributed by atoms with Crippen molar-refractivity contribution < 1.29 is 33.7 Å². The van der Waals surface area contributed by atoms with Crippen molar-refractivity contribution in [2.45, 2.75) is 77.0 Å². The molecule has 9 nitrogen and oxygen atoms in total. The molecule has 1 heterocycles. The van der Waals surface area contributed by atoms with Crippen LogP contribution in [0.3, 0.4) is 0 Å². The number of aliphatic hydroxyl groups is 1. The number of aliphatic hydroxyl groups excluding tert-OH is 1. The molecule has 9 heteroatoms. The molecule has 1 aliphatic heterocycles. The summed E-state index contributed by atoms with van der Waals surface area (Å²) in [5.41, 5.74) is -0.649. The van der Waals surface area contributed by atoms with Crippen LogP contribution in [-0.4, -0.2) is 64.4 Å². The normalized spacial score (nSPS) is 18.9. The van der Waals surface area contributed by atoms with Crippen molar-refractivity contribution in [2.75, 3.05) is 13.2 Å². The van der Waals surface area contributed by atoms with Gasteiger partial charge in [0.2, 0.25) is 5.91 Å². The number of benzene rings is 2. The number of carbonyl (C=O) groups is 3. The van der Waals surface area contributed by atoms with Crippen molar-refractivity contribution in [3.63, 3.8) is 0 Å². The van der Waals surface area contributed by atoms with E-state index in [0.29, 0.717) is 6.42 Å². The molecular weight excluding hydrogens is 488 g/mol. The van der Waals surface area contributed by atoms with Gasteiger partial charge in [0.05, 0.1) is 19.3 Å². The van der Waals surface area contributed by atoms with Crippen molar-refractivity contribution in [3.8, 4) is 0 Å². The lowest BCUT2D eigenvalue weighted by Crippen LogP contribution is -2.63. The average molecular weight is 527 g/mol. The van der Waals surface area contributed by atoms with E-state index in [4.69, 9.17) is 14.2 Å². The van der Waals surface area contributed by atoms with Crippen LogP contribution >= 0.6 is 0 Å². The van der Waals surface area contributed by atoms with Crippen molar-refractivity contribution in [1.29, 1.82) is 0 Å². The number of rotatable bonds is 10. The highest BCUT2D eigenvalue weighted by Crippen LogP contribution is 2.31. The Bertz CT molecular complexity index is 1070. The molecule has 206 valence electrons. The molecule has 0 spiro atoms. The largest absolute Gasteiger partial charge is 0.459 e. The van der Waals surface area contributed by atoms with Gasteiger partial charge in [0.15, 0.2) is 6.04 Å². The first-order valence-corrected chi connectivity index (χ1v) is 12.8. The van der Waals surface area contributed by atoms with Crippen LogP contribution in [0.4, 0.5) is 4.79 Å². The summed E-state index contributed by atoms with van der Waals surface area (Å²) in [6.07, 6.45) is -0.749. The van der Waals surface area contributed by atoms with Crippen molar-refractivity contribution in [2.24, 2.45) is 0 Å². The van der Waals surface area contributed by atoms with Gasteiger partial charge < -0.3 is 24.6 Å². The second kappa shape index (κ2) is 12.9. The van der Waals surface area contributed by atoms with Crippen LogP contribution in [-0.2, 0) is 37.0 Å². The summed E-state index contributed by atoms with van der Waals surface area (Å²) >= 11 is 0. The van der Waals surface area contributed by atoms with Crippen LogP contribution < -0.4 is 5.32 Å². The van der Waals surface area contributed by atoms with E-state index in [1.165, 1.54) is 4.90 Å². The van der Waals surface area contributed by atoms with Gasteiger partial charge in [0.25, 0.3) is 0 Å². The Labute approximate surface area is 224 Å². The van der Waals surface area contributed by atoms with E-state index in [9.17, 15) is 19.5 Å². The Morgan fingerprint density at radius 1 is 1.00 bits per heavy atom. The van der Waals surface area contributed by atoms with E-state index in [0.717, 1.165) is 11.1 Å². The third-order valence-electron chi connectivity index (χ3n) is 6.38. The van der Waals surface area contributed by atoms with E-state index in [1.54, 1.807) is 27.7 Å². The predicted molar refractivity (Wildman–Crippen MR) is 141 cm³/mol. The summed E-state index contributed by atoms with van der Waals surface area (Å²) in [5, 5.41) is 13.1. The molecule has 0 radical (unpaired) electrons. The van der Waals surface area contributed by atoms with Crippen LogP contribution in [0.25, 0.3) is 0 Å². The van der Waals surface area contributed by atoms with Gasteiger partial charge in [-0.05, 0) is 51.7 Å². The summed E-state index contributed by atoms with van der Waals surface area (Å²) in [7, 11) is 0. The Kier molecular flexibility index (Phi) is 9.88. The van der Waals surface area contributed by atoms with E-state index in [1.807, 2.05) is 60.7 Å². The third kappa shape index (κ3) is 7.55. The molecule has 2 aromatic carbocycles. The van der Waals surface area contributed by atoms with Gasteiger partial charge >= 0.3 is 12.1 Å². The molecule has 2 aromatic rings. The fourth-order valence-corrected chi connectivity index (χ4v) is 4.29. The number of likely N-dealkylation sites (tertiary alicyclic amines) is 1. The zero-order valence-electron chi connectivity index (χ0n) is 22.5. The van der Waals surface area contributed by atoms with Gasteiger partial charge in [-0.25, -0.2) is 9.59 Å². The van der Waals surface area contributed by atoms with Crippen LogP contribution in [0, 0.1) is 0 Å². The highest BCUT2D eigenvalue weighted by Gasteiger charge is 2.52. The highest BCUT2D eigenvalue weighted by atomic mass is 16.6. The SMILES string of the molecule is CC(OCc1ccccc1)C(NC(=O)C1(CO)CCCN1C(=O)OC(C)(C)C)C(=O)OCc1ccccc1. The number of nitrogens with zero attached hydrogens (tertiary/aromatic N) is 1. The highest BCUT2D eigenvalue weighted by molar-refractivity contribution is 5.94. The van der Waals surface area contributed by atoms with Gasteiger partial charge in [0, 0.05) is 6.54 Å². The zero-order valence-corrected chi connectivity index (χ0v) is 22.5. The van der Waals surface area contributed by atoms with E-state index >= 15 is 0 Å². The minimum Gasteiger partial charge on any atom is -0.459 e. The minimum absolute atomic E-state index is 0.0205. The van der Waals surface area contributed by atoms with Crippen molar-refractivity contribution >= 4 is 18.0 Å².